The molecule has 1 aliphatic heterocycles. The van der Waals surface area contributed by atoms with Crippen LogP contribution in [-0.4, -0.2) is 56.3 Å². The van der Waals surface area contributed by atoms with Crippen molar-refractivity contribution in [3.63, 3.8) is 0 Å². The van der Waals surface area contributed by atoms with Crippen molar-refractivity contribution in [2.24, 2.45) is 5.73 Å². The first-order valence-electron chi connectivity index (χ1n) is 12.8. The number of fused-ring (bicyclic) bond motifs is 1. The molecule has 3 aromatic heterocycles. The van der Waals surface area contributed by atoms with Gasteiger partial charge in [-0.05, 0) is 70.2 Å². The molecule has 0 radical (unpaired) electrons. The molecular weight excluding hydrogens is 448 g/mol. The minimum Gasteiger partial charge on any atom is -0.349 e. The van der Waals surface area contributed by atoms with Crippen LogP contribution < -0.4 is 15.5 Å². The van der Waals surface area contributed by atoms with Gasteiger partial charge < -0.3 is 15.5 Å². The lowest BCUT2D eigenvalue weighted by Gasteiger charge is -2.42. The van der Waals surface area contributed by atoms with Gasteiger partial charge in [0, 0.05) is 55.9 Å². The maximum atomic E-state index is 6.27. The first-order valence-corrected chi connectivity index (χ1v) is 12.8. The number of hydrogen-bond donors (Lipinski definition) is 1. The summed E-state index contributed by atoms with van der Waals surface area (Å²) < 4.78 is 2.04. The van der Waals surface area contributed by atoms with Crippen molar-refractivity contribution < 1.29 is 0 Å². The number of aryl methyl sites for hydroxylation is 4. The molecular formula is C28H36N8. The van der Waals surface area contributed by atoms with Crippen molar-refractivity contribution in [3.05, 3.63) is 65.2 Å². The molecule has 1 atom stereocenters. The van der Waals surface area contributed by atoms with Gasteiger partial charge in [-0.15, -0.1) is 0 Å². The molecule has 0 amide bonds. The lowest BCUT2D eigenvalue weighted by Crippen LogP contribution is -2.51. The van der Waals surface area contributed by atoms with Gasteiger partial charge in [-0.25, -0.2) is 15.0 Å². The van der Waals surface area contributed by atoms with E-state index in [4.69, 9.17) is 15.8 Å². The number of benzene rings is 1. The molecule has 0 bridgehead atoms. The van der Waals surface area contributed by atoms with Crippen molar-refractivity contribution >= 4 is 17.4 Å². The lowest BCUT2D eigenvalue weighted by molar-refractivity contribution is 0.427. The molecule has 1 unspecified atom stereocenters. The van der Waals surface area contributed by atoms with Crippen LogP contribution in [0.15, 0.2) is 42.7 Å². The summed E-state index contributed by atoms with van der Waals surface area (Å²) in [4.78, 5) is 18.6. The highest BCUT2D eigenvalue weighted by Gasteiger charge is 2.31. The summed E-state index contributed by atoms with van der Waals surface area (Å²) in [6.07, 6.45) is 5.61. The summed E-state index contributed by atoms with van der Waals surface area (Å²) >= 11 is 0. The van der Waals surface area contributed by atoms with Crippen LogP contribution in [0.2, 0.25) is 0 Å². The number of aromatic nitrogens is 5. The third-order valence-electron chi connectivity index (χ3n) is 7.38. The minimum atomic E-state index is 0.160. The van der Waals surface area contributed by atoms with Crippen molar-refractivity contribution in [1.82, 2.24) is 24.6 Å². The molecule has 8 nitrogen and oxygen atoms in total. The Morgan fingerprint density at radius 3 is 2.31 bits per heavy atom. The van der Waals surface area contributed by atoms with E-state index in [2.05, 4.69) is 78.7 Å². The highest BCUT2D eigenvalue weighted by atomic mass is 15.4. The molecule has 1 aromatic carbocycles. The topological polar surface area (TPSA) is 88.5 Å². The van der Waals surface area contributed by atoms with Crippen molar-refractivity contribution in [2.45, 2.75) is 59.5 Å². The molecule has 1 aliphatic rings. The smallest absolute Gasteiger partial charge is 0.225 e. The third-order valence-corrected chi connectivity index (χ3v) is 7.38. The van der Waals surface area contributed by atoms with Gasteiger partial charge in [-0.1, -0.05) is 18.2 Å². The monoisotopic (exact) mass is 484 g/mol. The van der Waals surface area contributed by atoms with E-state index < -0.39 is 0 Å². The van der Waals surface area contributed by atoms with Crippen LogP contribution in [0.3, 0.4) is 0 Å². The molecule has 8 heteroatoms. The molecule has 2 N–H and O–H groups in total. The predicted octanol–water partition coefficient (Wildman–Crippen LogP) is 4.24. The summed E-state index contributed by atoms with van der Waals surface area (Å²) in [5, 5.41) is 5.05. The van der Waals surface area contributed by atoms with Gasteiger partial charge in [-0.2, -0.15) is 9.61 Å². The van der Waals surface area contributed by atoms with E-state index in [9.17, 15) is 0 Å². The fraction of sp³-hybridized carbons (Fsp3) is 0.429. The zero-order valence-corrected chi connectivity index (χ0v) is 21.9. The molecule has 1 fully saturated rings. The van der Waals surface area contributed by atoms with E-state index in [1.54, 1.807) is 0 Å². The first kappa shape index (κ1) is 24.2. The second kappa shape index (κ2) is 9.85. The van der Waals surface area contributed by atoms with E-state index in [1.165, 1.54) is 16.7 Å². The van der Waals surface area contributed by atoms with Crippen LogP contribution in [0.4, 0.5) is 11.8 Å². The molecule has 4 aromatic rings. The van der Waals surface area contributed by atoms with E-state index in [-0.39, 0.29) is 6.04 Å². The fourth-order valence-electron chi connectivity index (χ4n) is 5.60. The van der Waals surface area contributed by atoms with Crippen LogP contribution in [0, 0.1) is 27.7 Å². The van der Waals surface area contributed by atoms with Gasteiger partial charge in [0.05, 0.1) is 11.3 Å². The summed E-state index contributed by atoms with van der Waals surface area (Å²) in [5.74, 6) is 1.86. The molecule has 5 rings (SSSR count). The number of anilines is 2. The number of hydrogen-bond acceptors (Lipinski definition) is 7. The van der Waals surface area contributed by atoms with Gasteiger partial charge in [0.1, 0.15) is 5.82 Å². The Bertz CT molecular complexity index is 1330. The Labute approximate surface area is 213 Å². The zero-order chi connectivity index (χ0) is 25.4. The van der Waals surface area contributed by atoms with Gasteiger partial charge in [0.2, 0.25) is 5.95 Å². The Hall–Kier alpha value is -3.52. The van der Waals surface area contributed by atoms with Crippen LogP contribution >= 0.6 is 0 Å². The molecule has 0 aliphatic carbocycles. The van der Waals surface area contributed by atoms with Crippen molar-refractivity contribution in [1.29, 1.82) is 0 Å². The Balaban J connectivity index is 1.57. The van der Waals surface area contributed by atoms with E-state index >= 15 is 0 Å². The quantitative estimate of drug-likeness (QED) is 0.438. The fourth-order valence-corrected chi connectivity index (χ4v) is 5.60. The highest BCUT2D eigenvalue weighted by Crippen LogP contribution is 2.36. The molecule has 0 spiro atoms. The number of nitrogens with two attached hydrogens (primary N) is 1. The Kier molecular flexibility index (Phi) is 6.62. The van der Waals surface area contributed by atoms with Gasteiger partial charge in [0.25, 0.3) is 0 Å². The van der Waals surface area contributed by atoms with Crippen LogP contribution in [-0.2, 0) is 0 Å². The van der Waals surface area contributed by atoms with E-state index in [0.29, 0.717) is 12.6 Å². The first-order chi connectivity index (χ1) is 17.4. The number of nitrogens with zero attached hydrogens (tertiary/aromatic N) is 7. The maximum absolute atomic E-state index is 6.27. The maximum Gasteiger partial charge on any atom is 0.225 e. The van der Waals surface area contributed by atoms with E-state index in [1.807, 2.05) is 23.0 Å². The summed E-state index contributed by atoms with van der Waals surface area (Å²) in [6, 6.07) is 10.9. The van der Waals surface area contributed by atoms with Gasteiger partial charge >= 0.3 is 0 Å². The van der Waals surface area contributed by atoms with E-state index in [0.717, 1.165) is 60.3 Å². The zero-order valence-electron chi connectivity index (χ0n) is 21.9. The second-order valence-electron chi connectivity index (χ2n) is 9.98. The Morgan fingerprint density at radius 1 is 1.00 bits per heavy atom. The lowest BCUT2D eigenvalue weighted by atomic mass is 9.96. The summed E-state index contributed by atoms with van der Waals surface area (Å²) in [7, 11) is 0. The summed E-state index contributed by atoms with van der Waals surface area (Å²) in [6.45, 7) is 13.1. The van der Waals surface area contributed by atoms with Crippen molar-refractivity contribution in [2.75, 3.05) is 29.4 Å². The van der Waals surface area contributed by atoms with Crippen LogP contribution in [0.25, 0.3) is 16.8 Å². The molecule has 188 valence electrons. The Morgan fingerprint density at radius 2 is 1.67 bits per heavy atom. The average molecular weight is 485 g/mol. The normalized spacial score (nSPS) is 15.4. The average Bonchev–Trinajstić information content (AvgIpc) is 3.20. The molecule has 36 heavy (non-hydrogen) atoms. The molecule has 4 heterocycles. The second-order valence-corrected chi connectivity index (χ2v) is 9.98. The minimum absolute atomic E-state index is 0.160. The molecule has 0 saturated carbocycles. The summed E-state index contributed by atoms with van der Waals surface area (Å²) in [5.41, 5.74) is 14.0. The number of piperidine rings is 1. The standard InChI is InChI=1S/C28H36N8/c1-18-8-6-9-19(2)25(18)26-22(5)33-36-24(16-20(3)32-27(26)36)35(21(4)17-29)23-10-14-34(15-11-23)28-30-12-7-13-31-28/h6-9,12-13,16,21,23H,10-11,14-15,17,29H2,1-5H3. The predicted molar refractivity (Wildman–Crippen MR) is 146 cm³/mol. The van der Waals surface area contributed by atoms with Crippen LogP contribution in [0.5, 0.6) is 0 Å². The molecule has 1 saturated heterocycles. The third kappa shape index (κ3) is 4.30. The van der Waals surface area contributed by atoms with Crippen molar-refractivity contribution in [3.8, 4) is 11.1 Å². The van der Waals surface area contributed by atoms with Gasteiger partial charge in [0.15, 0.2) is 5.65 Å². The largest absolute Gasteiger partial charge is 0.349 e. The van der Waals surface area contributed by atoms with Crippen LogP contribution in [0.1, 0.15) is 42.3 Å². The SMILES string of the molecule is Cc1cc(N(C(C)CN)C2CCN(c3ncccn3)CC2)n2nc(C)c(-c3c(C)cccc3C)c2n1. The number of rotatable bonds is 6. The van der Waals surface area contributed by atoms with Gasteiger partial charge in [-0.3, -0.25) is 0 Å². The highest BCUT2D eigenvalue weighted by molar-refractivity contribution is 5.84.